The minimum atomic E-state index is 0.549. The van der Waals surface area contributed by atoms with Crippen LogP contribution in [0.3, 0.4) is 0 Å². The molecule has 4 nitrogen and oxygen atoms in total. The van der Waals surface area contributed by atoms with Gasteiger partial charge >= 0.3 is 0 Å². The summed E-state index contributed by atoms with van der Waals surface area (Å²) in [6.07, 6.45) is 0. The van der Waals surface area contributed by atoms with Gasteiger partial charge in [0.15, 0.2) is 16.3 Å². The van der Waals surface area contributed by atoms with Crippen LogP contribution in [0.5, 0.6) is 11.5 Å². The van der Waals surface area contributed by atoms with Gasteiger partial charge in [-0.1, -0.05) is 11.3 Å². The van der Waals surface area contributed by atoms with Gasteiger partial charge in [-0.3, -0.25) is 5.41 Å². The summed E-state index contributed by atoms with van der Waals surface area (Å²) in [5.74, 6) is 1.41. The first kappa shape index (κ1) is 11.0. The SMILES string of the molecule is CCn1c(=N)sc2cc(OC)c(OC)cc21. The fraction of sp³-hybridized carbons (Fsp3) is 0.364. The zero-order chi connectivity index (χ0) is 11.7. The average molecular weight is 238 g/mol. The molecule has 86 valence electrons. The summed E-state index contributed by atoms with van der Waals surface area (Å²) < 4.78 is 13.5. The predicted octanol–water partition coefficient (Wildman–Crippen LogP) is 2.22. The van der Waals surface area contributed by atoms with E-state index in [9.17, 15) is 0 Å². The van der Waals surface area contributed by atoms with Crippen LogP contribution in [0.4, 0.5) is 0 Å². The number of hydrogen-bond donors (Lipinski definition) is 1. The number of rotatable bonds is 3. The van der Waals surface area contributed by atoms with Crippen LogP contribution in [-0.4, -0.2) is 18.8 Å². The molecule has 0 spiro atoms. The van der Waals surface area contributed by atoms with E-state index in [4.69, 9.17) is 14.9 Å². The number of methoxy groups -OCH3 is 2. The smallest absolute Gasteiger partial charge is 0.182 e. The zero-order valence-corrected chi connectivity index (χ0v) is 10.4. The van der Waals surface area contributed by atoms with Crippen LogP contribution in [0.2, 0.25) is 0 Å². The molecule has 1 N–H and O–H groups in total. The molecule has 2 rings (SSSR count). The van der Waals surface area contributed by atoms with Crippen molar-refractivity contribution in [3.8, 4) is 11.5 Å². The number of aromatic nitrogens is 1. The molecule has 0 saturated carbocycles. The van der Waals surface area contributed by atoms with Gasteiger partial charge in [-0.05, 0) is 6.92 Å². The quantitative estimate of drug-likeness (QED) is 0.891. The highest BCUT2D eigenvalue weighted by atomic mass is 32.1. The maximum Gasteiger partial charge on any atom is 0.182 e. The molecule has 0 aliphatic carbocycles. The van der Waals surface area contributed by atoms with E-state index in [0.29, 0.717) is 16.3 Å². The predicted molar refractivity (Wildman–Crippen MR) is 64.4 cm³/mol. The molecule has 0 radical (unpaired) electrons. The summed E-state index contributed by atoms with van der Waals surface area (Å²) >= 11 is 1.45. The highest BCUT2D eigenvalue weighted by Crippen LogP contribution is 2.33. The number of benzene rings is 1. The molecule has 0 saturated heterocycles. The summed E-state index contributed by atoms with van der Waals surface area (Å²) in [6, 6.07) is 3.84. The maximum atomic E-state index is 7.85. The number of thiazole rings is 1. The Labute approximate surface area is 97.6 Å². The number of aryl methyl sites for hydroxylation is 1. The molecular formula is C11H14N2O2S. The molecule has 5 heteroatoms. The van der Waals surface area contributed by atoms with Crippen molar-refractivity contribution < 1.29 is 9.47 Å². The van der Waals surface area contributed by atoms with Gasteiger partial charge < -0.3 is 14.0 Å². The van der Waals surface area contributed by atoms with Gasteiger partial charge in [0.25, 0.3) is 0 Å². The second-order valence-electron chi connectivity index (χ2n) is 3.33. The Balaban J connectivity index is 2.78. The van der Waals surface area contributed by atoms with Crippen molar-refractivity contribution in [2.75, 3.05) is 14.2 Å². The number of nitrogens with zero attached hydrogens (tertiary/aromatic N) is 1. The van der Waals surface area contributed by atoms with Gasteiger partial charge in [0.05, 0.1) is 24.4 Å². The summed E-state index contributed by atoms with van der Waals surface area (Å²) in [5, 5.41) is 7.85. The Kier molecular flexibility index (Phi) is 2.87. The maximum absolute atomic E-state index is 7.85. The first-order valence-corrected chi connectivity index (χ1v) is 5.82. The van der Waals surface area contributed by atoms with E-state index >= 15 is 0 Å². The fourth-order valence-electron chi connectivity index (χ4n) is 1.72. The van der Waals surface area contributed by atoms with Gasteiger partial charge in [-0.25, -0.2) is 0 Å². The molecule has 0 bridgehead atoms. The molecule has 2 aromatic rings. The van der Waals surface area contributed by atoms with Crippen LogP contribution in [0.15, 0.2) is 12.1 Å². The van der Waals surface area contributed by atoms with Crippen LogP contribution in [-0.2, 0) is 6.54 Å². The van der Waals surface area contributed by atoms with E-state index in [2.05, 4.69) is 0 Å². The van der Waals surface area contributed by atoms with Crippen LogP contribution in [0.25, 0.3) is 10.2 Å². The largest absolute Gasteiger partial charge is 0.493 e. The van der Waals surface area contributed by atoms with Crippen molar-refractivity contribution in [3.63, 3.8) is 0 Å². The third-order valence-electron chi connectivity index (χ3n) is 2.52. The van der Waals surface area contributed by atoms with Crippen molar-refractivity contribution in [2.45, 2.75) is 13.5 Å². The second kappa shape index (κ2) is 4.17. The second-order valence-corrected chi connectivity index (χ2v) is 4.36. The Morgan fingerprint density at radius 1 is 1.25 bits per heavy atom. The van der Waals surface area contributed by atoms with Gasteiger partial charge in [0, 0.05) is 18.7 Å². The van der Waals surface area contributed by atoms with E-state index in [0.717, 1.165) is 16.8 Å². The molecule has 0 amide bonds. The van der Waals surface area contributed by atoms with Gasteiger partial charge in [0.2, 0.25) is 0 Å². The van der Waals surface area contributed by atoms with Crippen molar-refractivity contribution in [1.82, 2.24) is 4.57 Å². The summed E-state index contributed by atoms with van der Waals surface area (Å²) in [7, 11) is 3.24. The molecule has 0 fully saturated rings. The molecule has 0 aliphatic rings. The number of fused-ring (bicyclic) bond motifs is 1. The Morgan fingerprint density at radius 3 is 2.44 bits per heavy atom. The Hall–Kier alpha value is -1.49. The average Bonchev–Trinajstić information content (AvgIpc) is 2.61. The molecule has 1 heterocycles. The number of nitrogens with one attached hydrogen (secondary N) is 1. The van der Waals surface area contributed by atoms with E-state index in [1.165, 1.54) is 11.3 Å². The molecule has 0 unspecified atom stereocenters. The fourth-order valence-corrected chi connectivity index (χ4v) is 2.71. The minimum absolute atomic E-state index is 0.549. The van der Waals surface area contributed by atoms with Gasteiger partial charge in [-0.15, -0.1) is 0 Å². The van der Waals surface area contributed by atoms with E-state index in [1.807, 2.05) is 23.6 Å². The van der Waals surface area contributed by atoms with Crippen LogP contribution in [0, 0.1) is 5.41 Å². The molecule has 0 atom stereocenters. The zero-order valence-electron chi connectivity index (χ0n) is 9.53. The van der Waals surface area contributed by atoms with Crippen molar-refractivity contribution in [1.29, 1.82) is 5.41 Å². The van der Waals surface area contributed by atoms with Crippen LogP contribution in [0.1, 0.15) is 6.92 Å². The summed E-state index contributed by atoms with van der Waals surface area (Å²) in [6.45, 7) is 2.81. The highest BCUT2D eigenvalue weighted by Gasteiger charge is 2.10. The lowest BCUT2D eigenvalue weighted by molar-refractivity contribution is 0.355. The molecular weight excluding hydrogens is 224 g/mol. The molecule has 0 aliphatic heterocycles. The summed E-state index contributed by atoms with van der Waals surface area (Å²) in [5.41, 5.74) is 1.02. The Morgan fingerprint density at radius 2 is 1.88 bits per heavy atom. The van der Waals surface area contributed by atoms with Crippen molar-refractivity contribution in [3.05, 3.63) is 16.9 Å². The summed E-state index contributed by atoms with van der Waals surface area (Å²) in [4.78, 5) is 0.549. The standard InChI is InChI=1S/C11H14N2O2S/c1-4-13-7-5-8(14-2)9(15-3)6-10(7)16-11(13)12/h5-6,12H,4H2,1-3H3. The van der Waals surface area contributed by atoms with E-state index in [-0.39, 0.29) is 0 Å². The normalized spacial score (nSPS) is 10.7. The van der Waals surface area contributed by atoms with E-state index < -0.39 is 0 Å². The topological polar surface area (TPSA) is 47.2 Å². The minimum Gasteiger partial charge on any atom is -0.493 e. The lowest BCUT2D eigenvalue weighted by Gasteiger charge is -2.08. The molecule has 1 aromatic heterocycles. The first-order valence-electron chi connectivity index (χ1n) is 5.01. The third-order valence-corrected chi connectivity index (χ3v) is 3.48. The monoisotopic (exact) mass is 238 g/mol. The highest BCUT2D eigenvalue weighted by molar-refractivity contribution is 7.16. The number of hydrogen-bond acceptors (Lipinski definition) is 4. The van der Waals surface area contributed by atoms with Crippen molar-refractivity contribution >= 4 is 21.6 Å². The van der Waals surface area contributed by atoms with Crippen molar-refractivity contribution in [2.24, 2.45) is 0 Å². The molecule has 1 aromatic carbocycles. The van der Waals surface area contributed by atoms with Gasteiger partial charge in [-0.2, -0.15) is 0 Å². The van der Waals surface area contributed by atoms with Crippen LogP contribution >= 0.6 is 11.3 Å². The molecule has 16 heavy (non-hydrogen) atoms. The van der Waals surface area contributed by atoms with Gasteiger partial charge in [0.1, 0.15) is 0 Å². The van der Waals surface area contributed by atoms with E-state index in [1.54, 1.807) is 14.2 Å². The number of ether oxygens (including phenoxy) is 2. The lowest BCUT2D eigenvalue weighted by Crippen LogP contribution is -2.10. The third kappa shape index (κ3) is 1.57. The lowest BCUT2D eigenvalue weighted by atomic mass is 10.3. The first-order chi connectivity index (χ1) is 7.71. The van der Waals surface area contributed by atoms with Crippen LogP contribution < -0.4 is 14.3 Å². The Bertz CT molecular complexity index is 571.